The van der Waals surface area contributed by atoms with Gasteiger partial charge >= 0.3 is 0 Å². The molecule has 0 spiro atoms. The van der Waals surface area contributed by atoms with Crippen molar-refractivity contribution in [3.63, 3.8) is 0 Å². The maximum atomic E-state index is 12.7. The summed E-state index contributed by atoms with van der Waals surface area (Å²) in [5.74, 6) is 0.639. The van der Waals surface area contributed by atoms with Crippen molar-refractivity contribution >= 4 is 51.9 Å². The molecule has 0 aromatic heterocycles. The third kappa shape index (κ3) is 8.24. The summed E-state index contributed by atoms with van der Waals surface area (Å²) in [6, 6.07) is 19.7. The maximum absolute atomic E-state index is 12.7. The van der Waals surface area contributed by atoms with Gasteiger partial charge in [0.1, 0.15) is 17.4 Å². The molecule has 0 bridgehead atoms. The second-order valence-corrected chi connectivity index (χ2v) is 9.21. The number of rotatable bonds is 11. The van der Waals surface area contributed by atoms with Crippen LogP contribution >= 0.6 is 22.6 Å². The van der Waals surface area contributed by atoms with Gasteiger partial charge in [-0.15, -0.1) is 0 Å². The van der Waals surface area contributed by atoms with Crippen molar-refractivity contribution in [3.05, 3.63) is 80.9 Å². The monoisotopic (exact) mass is 625 g/mol. The van der Waals surface area contributed by atoms with E-state index in [1.54, 1.807) is 36.4 Å². The van der Waals surface area contributed by atoms with E-state index in [9.17, 15) is 14.9 Å². The fourth-order valence-electron chi connectivity index (χ4n) is 3.36. The SMILES string of the molecule is CCOc1ccc(NC(=O)/C(C#N)=C/c2cc(I)c(OCC(=O)Nc3ccc(C)cc3)c(OCC)c2)cc1. The molecule has 0 unspecified atom stereocenters. The van der Waals surface area contributed by atoms with Crippen molar-refractivity contribution in [1.82, 2.24) is 0 Å². The molecule has 9 heteroatoms. The topological polar surface area (TPSA) is 110 Å². The summed E-state index contributed by atoms with van der Waals surface area (Å²) in [7, 11) is 0. The molecular weight excluding hydrogens is 597 g/mol. The fourth-order valence-corrected chi connectivity index (χ4v) is 4.14. The number of carbonyl (C=O) groups is 2. The van der Waals surface area contributed by atoms with Crippen molar-refractivity contribution in [2.24, 2.45) is 0 Å². The van der Waals surface area contributed by atoms with Crippen LogP contribution in [0.4, 0.5) is 11.4 Å². The minimum atomic E-state index is -0.544. The first-order valence-electron chi connectivity index (χ1n) is 11.9. The highest BCUT2D eigenvalue weighted by Gasteiger charge is 2.16. The molecule has 0 radical (unpaired) electrons. The Balaban J connectivity index is 1.74. The number of aryl methyl sites for hydroxylation is 1. The number of amides is 2. The minimum absolute atomic E-state index is 0.0803. The van der Waals surface area contributed by atoms with E-state index in [-0.39, 0.29) is 18.1 Å². The third-order valence-electron chi connectivity index (χ3n) is 5.11. The number of benzene rings is 3. The van der Waals surface area contributed by atoms with Gasteiger partial charge in [0.15, 0.2) is 18.1 Å². The molecule has 2 amide bonds. The van der Waals surface area contributed by atoms with Crippen molar-refractivity contribution < 1.29 is 23.8 Å². The van der Waals surface area contributed by atoms with Gasteiger partial charge < -0.3 is 24.8 Å². The Morgan fingerprint density at radius 3 is 2.18 bits per heavy atom. The number of halogens is 1. The average Bonchev–Trinajstić information content (AvgIpc) is 2.89. The third-order valence-corrected chi connectivity index (χ3v) is 5.92. The first kappa shape index (κ1) is 28.5. The molecular formula is C29H28IN3O5. The van der Waals surface area contributed by atoms with Crippen LogP contribution in [0.3, 0.4) is 0 Å². The number of nitrogens with zero attached hydrogens (tertiary/aromatic N) is 1. The first-order chi connectivity index (χ1) is 18.3. The van der Waals surface area contributed by atoms with E-state index in [4.69, 9.17) is 14.2 Å². The number of anilines is 2. The predicted octanol–water partition coefficient (Wildman–Crippen LogP) is 5.96. The van der Waals surface area contributed by atoms with Crippen LogP contribution in [0, 0.1) is 21.8 Å². The lowest BCUT2D eigenvalue weighted by Gasteiger charge is -2.15. The molecule has 0 heterocycles. The van der Waals surface area contributed by atoms with Gasteiger partial charge in [0.2, 0.25) is 0 Å². The lowest BCUT2D eigenvalue weighted by Crippen LogP contribution is -2.20. The first-order valence-corrected chi connectivity index (χ1v) is 13.0. The average molecular weight is 625 g/mol. The second-order valence-electron chi connectivity index (χ2n) is 8.05. The number of nitriles is 1. The molecule has 0 saturated carbocycles. The summed E-state index contributed by atoms with van der Waals surface area (Å²) in [6.07, 6.45) is 1.47. The normalized spacial score (nSPS) is 10.8. The van der Waals surface area contributed by atoms with E-state index >= 15 is 0 Å². The minimum Gasteiger partial charge on any atom is -0.494 e. The van der Waals surface area contributed by atoms with Gasteiger partial charge in [-0.05, 0) is 104 Å². The number of carbonyl (C=O) groups excluding carboxylic acids is 2. The van der Waals surface area contributed by atoms with Gasteiger partial charge in [0.25, 0.3) is 11.8 Å². The highest BCUT2D eigenvalue weighted by Crippen LogP contribution is 2.35. The van der Waals surface area contributed by atoms with Crippen LogP contribution in [0.15, 0.2) is 66.2 Å². The van der Waals surface area contributed by atoms with Gasteiger partial charge in [0, 0.05) is 11.4 Å². The van der Waals surface area contributed by atoms with Crippen LogP contribution in [-0.4, -0.2) is 31.6 Å². The van der Waals surface area contributed by atoms with E-state index in [0.717, 1.165) is 5.56 Å². The number of hydrogen-bond donors (Lipinski definition) is 2. The van der Waals surface area contributed by atoms with Gasteiger partial charge in [0.05, 0.1) is 16.8 Å². The lowest BCUT2D eigenvalue weighted by atomic mass is 10.1. The zero-order chi connectivity index (χ0) is 27.5. The molecule has 38 heavy (non-hydrogen) atoms. The summed E-state index contributed by atoms with van der Waals surface area (Å²) < 4.78 is 17.6. The molecule has 8 nitrogen and oxygen atoms in total. The van der Waals surface area contributed by atoms with Crippen molar-refractivity contribution in [2.45, 2.75) is 20.8 Å². The number of ether oxygens (including phenoxy) is 3. The lowest BCUT2D eigenvalue weighted by molar-refractivity contribution is -0.118. The Bertz CT molecular complexity index is 1350. The van der Waals surface area contributed by atoms with Crippen LogP contribution in [-0.2, 0) is 9.59 Å². The van der Waals surface area contributed by atoms with Gasteiger partial charge in [-0.1, -0.05) is 17.7 Å². The molecule has 3 aromatic carbocycles. The zero-order valence-corrected chi connectivity index (χ0v) is 23.5. The summed E-state index contributed by atoms with van der Waals surface area (Å²) in [6.45, 7) is 6.37. The van der Waals surface area contributed by atoms with E-state index in [1.807, 2.05) is 51.1 Å². The Morgan fingerprint density at radius 2 is 1.55 bits per heavy atom. The Kier molecular flexibility index (Phi) is 10.5. The Morgan fingerprint density at radius 1 is 0.921 bits per heavy atom. The largest absolute Gasteiger partial charge is 0.494 e. The van der Waals surface area contributed by atoms with E-state index in [2.05, 4.69) is 33.2 Å². The second kappa shape index (κ2) is 14.0. The molecule has 0 aliphatic rings. The van der Waals surface area contributed by atoms with Gasteiger partial charge in [-0.3, -0.25) is 9.59 Å². The Hall–Kier alpha value is -4.04. The van der Waals surface area contributed by atoms with Crippen molar-refractivity contribution in [3.8, 4) is 23.3 Å². The molecule has 196 valence electrons. The highest BCUT2D eigenvalue weighted by molar-refractivity contribution is 14.1. The van der Waals surface area contributed by atoms with Gasteiger partial charge in [-0.2, -0.15) is 5.26 Å². The van der Waals surface area contributed by atoms with E-state index in [1.165, 1.54) is 6.08 Å². The smallest absolute Gasteiger partial charge is 0.266 e. The van der Waals surface area contributed by atoms with E-state index in [0.29, 0.717) is 51.0 Å². The summed E-state index contributed by atoms with van der Waals surface area (Å²) >= 11 is 2.07. The van der Waals surface area contributed by atoms with Crippen LogP contribution < -0.4 is 24.8 Å². The summed E-state index contributed by atoms with van der Waals surface area (Å²) in [5, 5.41) is 15.1. The standard InChI is InChI=1S/C29H28IN3O5/c1-4-36-24-12-10-23(11-13-24)33-29(35)21(17-31)14-20-15-25(30)28(26(16-20)37-5-2)38-18-27(34)32-22-8-6-19(3)7-9-22/h6-16H,4-5,18H2,1-3H3,(H,32,34)(H,33,35)/b21-14+. The number of nitrogens with one attached hydrogen (secondary N) is 2. The summed E-state index contributed by atoms with van der Waals surface area (Å²) in [5.41, 5.74) is 2.81. The van der Waals surface area contributed by atoms with Crippen LogP contribution in [0.25, 0.3) is 6.08 Å². The molecule has 0 aliphatic heterocycles. The molecule has 3 aromatic rings. The highest BCUT2D eigenvalue weighted by atomic mass is 127. The quantitative estimate of drug-likeness (QED) is 0.155. The predicted molar refractivity (Wildman–Crippen MR) is 155 cm³/mol. The molecule has 0 atom stereocenters. The molecule has 3 rings (SSSR count). The van der Waals surface area contributed by atoms with Crippen LogP contribution in [0.2, 0.25) is 0 Å². The maximum Gasteiger partial charge on any atom is 0.266 e. The Labute approximate surface area is 235 Å². The zero-order valence-electron chi connectivity index (χ0n) is 21.3. The molecule has 2 N–H and O–H groups in total. The fraction of sp³-hybridized carbons (Fsp3) is 0.207. The molecule has 0 fully saturated rings. The van der Waals surface area contributed by atoms with Gasteiger partial charge in [-0.25, -0.2) is 0 Å². The number of hydrogen-bond acceptors (Lipinski definition) is 6. The van der Waals surface area contributed by atoms with Crippen molar-refractivity contribution in [1.29, 1.82) is 5.26 Å². The summed E-state index contributed by atoms with van der Waals surface area (Å²) in [4.78, 5) is 25.1. The molecule has 0 aliphatic carbocycles. The van der Waals surface area contributed by atoms with E-state index < -0.39 is 5.91 Å². The molecule has 0 saturated heterocycles. The van der Waals surface area contributed by atoms with Crippen LogP contribution in [0.1, 0.15) is 25.0 Å². The van der Waals surface area contributed by atoms with Crippen molar-refractivity contribution in [2.75, 3.05) is 30.5 Å². The van der Waals surface area contributed by atoms with Crippen LogP contribution in [0.5, 0.6) is 17.2 Å².